The molecule has 19 heavy (non-hydrogen) atoms. The number of para-hydroxylation sites is 1. The summed E-state index contributed by atoms with van der Waals surface area (Å²) in [6, 6.07) is 5.99. The number of amides is 1. The number of nitrogens with one attached hydrogen (secondary N) is 1. The molecule has 1 atom stereocenters. The van der Waals surface area contributed by atoms with Crippen LogP contribution >= 0.6 is 11.8 Å². The normalized spacial score (nSPS) is 13.3. The molecule has 0 radical (unpaired) electrons. The summed E-state index contributed by atoms with van der Waals surface area (Å²) in [5, 5.41) is 1.11. The van der Waals surface area contributed by atoms with E-state index < -0.39 is 26.8 Å². The van der Waals surface area contributed by atoms with Crippen LogP contribution in [0, 0.1) is 0 Å². The van der Waals surface area contributed by atoms with E-state index in [2.05, 4.69) is 5.32 Å². The SMILES string of the molecule is CC(C(=O)Nc1ccccc1SC(F)F)S(C)(=O)=O. The molecule has 0 aromatic heterocycles. The van der Waals surface area contributed by atoms with E-state index >= 15 is 0 Å². The largest absolute Gasteiger partial charge is 0.324 e. The Kier molecular flexibility index (Phi) is 5.30. The number of hydrogen-bond acceptors (Lipinski definition) is 4. The standard InChI is InChI=1S/C11H13F2NO3S2/c1-7(19(2,16)17)10(15)14-8-5-3-4-6-9(8)18-11(12)13/h3-7,11H,1-2H3,(H,14,15). The van der Waals surface area contributed by atoms with Crippen LogP contribution in [-0.2, 0) is 14.6 Å². The number of anilines is 1. The summed E-state index contributed by atoms with van der Waals surface area (Å²) in [7, 11) is -3.53. The molecule has 1 N–H and O–H groups in total. The maximum absolute atomic E-state index is 12.3. The molecule has 1 unspecified atom stereocenters. The molecule has 0 aliphatic rings. The van der Waals surface area contributed by atoms with Gasteiger partial charge >= 0.3 is 0 Å². The Labute approximate surface area is 114 Å². The Morgan fingerprint density at radius 3 is 2.42 bits per heavy atom. The zero-order valence-electron chi connectivity index (χ0n) is 10.3. The second kappa shape index (κ2) is 6.33. The lowest BCUT2D eigenvalue weighted by Crippen LogP contribution is -2.31. The summed E-state index contributed by atoms with van der Waals surface area (Å²) in [6.45, 7) is 1.24. The van der Waals surface area contributed by atoms with Gasteiger partial charge in [-0.1, -0.05) is 23.9 Å². The molecule has 0 aliphatic heterocycles. The van der Waals surface area contributed by atoms with Gasteiger partial charge in [0.1, 0.15) is 5.25 Å². The monoisotopic (exact) mass is 309 g/mol. The lowest BCUT2D eigenvalue weighted by Gasteiger charge is -2.13. The van der Waals surface area contributed by atoms with E-state index in [0.29, 0.717) is 0 Å². The lowest BCUT2D eigenvalue weighted by molar-refractivity contribution is -0.115. The van der Waals surface area contributed by atoms with E-state index in [4.69, 9.17) is 0 Å². The van der Waals surface area contributed by atoms with Gasteiger partial charge in [0.15, 0.2) is 9.84 Å². The first kappa shape index (κ1) is 15.9. The Hall–Kier alpha value is -1.15. The summed E-state index contributed by atoms with van der Waals surface area (Å²) in [6.07, 6.45) is 0.942. The van der Waals surface area contributed by atoms with Gasteiger partial charge in [-0.25, -0.2) is 8.42 Å². The fraction of sp³-hybridized carbons (Fsp3) is 0.364. The van der Waals surface area contributed by atoms with E-state index in [1.165, 1.54) is 19.1 Å². The second-order valence-electron chi connectivity index (χ2n) is 3.84. The van der Waals surface area contributed by atoms with Crippen LogP contribution in [0.15, 0.2) is 29.2 Å². The summed E-state index contributed by atoms with van der Waals surface area (Å²) in [5.74, 6) is -3.37. The first-order valence-electron chi connectivity index (χ1n) is 5.25. The molecule has 0 bridgehead atoms. The van der Waals surface area contributed by atoms with Crippen molar-refractivity contribution in [1.82, 2.24) is 0 Å². The van der Waals surface area contributed by atoms with E-state index in [1.807, 2.05) is 0 Å². The smallest absolute Gasteiger partial charge is 0.288 e. The van der Waals surface area contributed by atoms with Crippen LogP contribution in [0.3, 0.4) is 0 Å². The number of thioether (sulfide) groups is 1. The molecule has 1 amide bonds. The number of carbonyl (C=O) groups is 1. The highest BCUT2D eigenvalue weighted by Crippen LogP contribution is 2.31. The lowest BCUT2D eigenvalue weighted by atomic mass is 10.3. The van der Waals surface area contributed by atoms with Crippen molar-refractivity contribution in [3.8, 4) is 0 Å². The Bertz CT molecular complexity index is 561. The number of rotatable bonds is 5. The number of benzene rings is 1. The van der Waals surface area contributed by atoms with E-state index in [0.717, 1.165) is 6.26 Å². The fourth-order valence-corrected chi connectivity index (χ4v) is 2.24. The van der Waals surface area contributed by atoms with Crippen LogP contribution in [0.1, 0.15) is 6.92 Å². The molecule has 1 rings (SSSR count). The highest BCUT2D eigenvalue weighted by molar-refractivity contribution is 7.99. The first-order chi connectivity index (χ1) is 8.71. The van der Waals surface area contributed by atoms with Gasteiger partial charge in [-0.05, 0) is 19.1 Å². The number of carbonyl (C=O) groups excluding carboxylic acids is 1. The van der Waals surface area contributed by atoms with Crippen LogP contribution in [0.2, 0.25) is 0 Å². The van der Waals surface area contributed by atoms with Crippen molar-refractivity contribution in [1.29, 1.82) is 0 Å². The second-order valence-corrected chi connectivity index (χ2v) is 7.23. The van der Waals surface area contributed by atoms with Crippen molar-refractivity contribution in [3.63, 3.8) is 0 Å². The molecule has 0 saturated carbocycles. The van der Waals surface area contributed by atoms with Gasteiger partial charge in [0.05, 0.1) is 5.69 Å². The van der Waals surface area contributed by atoms with Crippen molar-refractivity contribution >= 4 is 33.2 Å². The van der Waals surface area contributed by atoms with Crippen LogP contribution in [-0.4, -0.2) is 31.6 Å². The molecule has 0 spiro atoms. The number of sulfone groups is 1. The number of alkyl halides is 2. The third-order valence-electron chi connectivity index (χ3n) is 2.37. The fourth-order valence-electron chi connectivity index (χ4n) is 1.20. The molecule has 1 aromatic carbocycles. The van der Waals surface area contributed by atoms with E-state index in [-0.39, 0.29) is 22.3 Å². The highest BCUT2D eigenvalue weighted by Gasteiger charge is 2.24. The summed E-state index contributed by atoms with van der Waals surface area (Å²) in [5.41, 5.74) is 0.174. The van der Waals surface area contributed by atoms with Crippen LogP contribution in [0.5, 0.6) is 0 Å². The van der Waals surface area contributed by atoms with Gasteiger partial charge in [0.2, 0.25) is 5.91 Å². The van der Waals surface area contributed by atoms with Crippen LogP contribution < -0.4 is 5.32 Å². The molecule has 1 aromatic rings. The van der Waals surface area contributed by atoms with Gasteiger partial charge < -0.3 is 5.32 Å². The van der Waals surface area contributed by atoms with Gasteiger partial charge in [-0.15, -0.1) is 0 Å². The molecule has 4 nitrogen and oxygen atoms in total. The van der Waals surface area contributed by atoms with Crippen molar-refractivity contribution < 1.29 is 22.0 Å². The first-order valence-corrected chi connectivity index (χ1v) is 8.09. The highest BCUT2D eigenvalue weighted by atomic mass is 32.2. The van der Waals surface area contributed by atoms with Gasteiger partial charge in [0, 0.05) is 11.2 Å². The average Bonchev–Trinajstić information content (AvgIpc) is 2.28. The zero-order valence-corrected chi connectivity index (χ0v) is 11.9. The van der Waals surface area contributed by atoms with Gasteiger partial charge in [-0.2, -0.15) is 8.78 Å². The summed E-state index contributed by atoms with van der Waals surface area (Å²) >= 11 is 0.289. The Morgan fingerprint density at radius 1 is 1.32 bits per heavy atom. The zero-order chi connectivity index (χ0) is 14.6. The number of hydrogen-bond donors (Lipinski definition) is 1. The maximum Gasteiger partial charge on any atom is 0.288 e. The van der Waals surface area contributed by atoms with Crippen molar-refractivity contribution in [2.24, 2.45) is 0 Å². The molecule has 8 heteroatoms. The molecule has 0 aliphatic carbocycles. The van der Waals surface area contributed by atoms with E-state index in [1.54, 1.807) is 12.1 Å². The minimum atomic E-state index is -3.53. The minimum absolute atomic E-state index is 0.174. The maximum atomic E-state index is 12.3. The van der Waals surface area contributed by atoms with Crippen molar-refractivity contribution in [3.05, 3.63) is 24.3 Å². The third kappa shape index (κ3) is 4.79. The average molecular weight is 309 g/mol. The van der Waals surface area contributed by atoms with Gasteiger partial charge in [0.25, 0.3) is 5.76 Å². The molecule has 0 saturated heterocycles. The summed E-state index contributed by atoms with van der Waals surface area (Å²) < 4.78 is 47.2. The van der Waals surface area contributed by atoms with Crippen LogP contribution in [0.4, 0.5) is 14.5 Å². The molecule has 106 valence electrons. The third-order valence-corrected chi connectivity index (χ3v) is 4.66. The topological polar surface area (TPSA) is 63.2 Å². The molecule has 0 heterocycles. The van der Waals surface area contributed by atoms with Gasteiger partial charge in [-0.3, -0.25) is 4.79 Å². The predicted molar refractivity (Wildman–Crippen MR) is 71.2 cm³/mol. The Morgan fingerprint density at radius 2 is 1.89 bits per heavy atom. The molecule has 0 fully saturated rings. The molecular weight excluding hydrogens is 296 g/mol. The van der Waals surface area contributed by atoms with E-state index in [9.17, 15) is 22.0 Å². The Balaban J connectivity index is 2.91. The van der Waals surface area contributed by atoms with Crippen LogP contribution in [0.25, 0.3) is 0 Å². The summed E-state index contributed by atoms with van der Waals surface area (Å²) in [4.78, 5) is 11.9. The minimum Gasteiger partial charge on any atom is -0.324 e. The predicted octanol–water partition coefficient (Wildman–Crippen LogP) is 2.37. The quantitative estimate of drug-likeness (QED) is 0.848. The van der Waals surface area contributed by atoms with Crippen molar-refractivity contribution in [2.45, 2.75) is 22.8 Å². The number of halogens is 2. The molecular formula is C11H13F2NO3S2. The van der Waals surface area contributed by atoms with Crippen molar-refractivity contribution in [2.75, 3.05) is 11.6 Å².